The second-order valence-corrected chi connectivity index (χ2v) is 6.28. The number of hydrogen-bond acceptors (Lipinski definition) is 3. The van der Waals surface area contributed by atoms with Gasteiger partial charge in [-0.3, -0.25) is 4.79 Å². The molecule has 2 aromatic rings. The predicted octanol–water partition coefficient (Wildman–Crippen LogP) is 3.36. The first-order valence-corrected chi connectivity index (χ1v) is 8.20. The van der Waals surface area contributed by atoms with Gasteiger partial charge in [0.25, 0.3) is 0 Å². The molecule has 1 atom stereocenters. The van der Waals surface area contributed by atoms with Crippen molar-refractivity contribution in [1.29, 1.82) is 0 Å². The predicted molar refractivity (Wildman–Crippen MR) is 84.7 cm³/mol. The van der Waals surface area contributed by atoms with E-state index in [1.54, 1.807) is 11.3 Å². The summed E-state index contributed by atoms with van der Waals surface area (Å²) >= 11 is 1.78. The third-order valence-electron chi connectivity index (χ3n) is 3.76. The summed E-state index contributed by atoms with van der Waals surface area (Å²) in [5, 5.41) is 2.10. The molecule has 0 spiro atoms. The van der Waals surface area contributed by atoms with Crippen LogP contribution in [0.2, 0.25) is 0 Å². The molecule has 0 unspecified atom stereocenters. The van der Waals surface area contributed by atoms with E-state index in [4.69, 9.17) is 4.74 Å². The fraction of sp³-hybridized carbons (Fsp3) is 0.353. The number of ether oxygens (including phenoxy) is 1. The van der Waals surface area contributed by atoms with Crippen LogP contribution in [0.25, 0.3) is 0 Å². The van der Waals surface area contributed by atoms with E-state index < -0.39 is 0 Å². The van der Waals surface area contributed by atoms with Gasteiger partial charge >= 0.3 is 0 Å². The minimum Gasteiger partial charge on any atom is -0.491 e. The second kappa shape index (κ2) is 6.76. The van der Waals surface area contributed by atoms with E-state index in [9.17, 15) is 4.79 Å². The van der Waals surface area contributed by atoms with Crippen molar-refractivity contribution in [3.63, 3.8) is 0 Å². The molecule has 0 aliphatic carbocycles. The Kier molecular flexibility index (Phi) is 4.55. The number of hydrogen-bond donors (Lipinski definition) is 0. The van der Waals surface area contributed by atoms with Crippen LogP contribution in [-0.2, 0) is 11.2 Å². The Morgan fingerprint density at radius 1 is 1.19 bits per heavy atom. The molecule has 4 heteroatoms. The number of aryl methyl sites for hydroxylation is 1. The minimum absolute atomic E-state index is 0.237. The van der Waals surface area contributed by atoms with Crippen molar-refractivity contribution in [1.82, 2.24) is 4.90 Å². The highest BCUT2D eigenvalue weighted by atomic mass is 32.1. The van der Waals surface area contributed by atoms with Gasteiger partial charge in [-0.2, -0.15) is 0 Å². The highest BCUT2D eigenvalue weighted by Gasteiger charge is 2.35. The lowest BCUT2D eigenvalue weighted by molar-refractivity contribution is -0.147. The van der Waals surface area contributed by atoms with Crippen molar-refractivity contribution in [2.75, 3.05) is 13.2 Å². The van der Waals surface area contributed by atoms with E-state index >= 15 is 0 Å². The number of para-hydroxylation sites is 1. The second-order valence-electron chi connectivity index (χ2n) is 5.25. The zero-order valence-corrected chi connectivity index (χ0v) is 12.7. The lowest BCUT2D eigenvalue weighted by Crippen LogP contribution is -2.55. The number of nitrogens with zero attached hydrogens (tertiary/aromatic N) is 1. The lowest BCUT2D eigenvalue weighted by atomic mass is 10.0. The van der Waals surface area contributed by atoms with Crippen LogP contribution in [0, 0.1) is 0 Å². The van der Waals surface area contributed by atoms with Crippen LogP contribution in [0.4, 0.5) is 0 Å². The molecule has 0 radical (unpaired) electrons. The summed E-state index contributed by atoms with van der Waals surface area (Å²) in [5.41, 5.74) is 0. The summed E-state index contributed by atoms with van der Waals surface area (Å²) in [4.78, 5) is 15.1. The number of thiophene rings is 1. The molecule has 0 saturated carbocycles. The monoisotopic (exact) mass is 301 g/mol. The van der Waals surface area contributed by atoms with Gasteiger partial charge in [-0.15, -0.1) is 11.3 Å². The topological polar surface area (TPSA) is 29.5 Å². The third-order valence-corrected chi connectivity index (χ3v) is 4.70. The molecule has 21 heavy (non-hydrogen) atoms. The van der Waals surface area contributed by atoms with E-state index in [1.807, 2.05) is 35.2 Å². The summed E-state index contributed by atoms with van der Waals surface area (Å²) in [5.74, 6) is 1.12. The first kappa shape index (κ1) is 14.1. The van der Waals surface area contributed by atoms with Gasteiger partial charge in [-0.25, -0.2) is 0 Å². The maximum absolute atomic E-state index is 11.7. The lowest BCUT2D eigenvalue weighted by Gasteiger charge is -2.40. The fourth-order valence-corrected chi connectivity index (χ4v) is 3.32. The molecule has 3 nitrogen and oxygen atoms in total. The standard InChI is InChI=1S/C17H19NO2S/c19-17-12-14(13-20-15-6-2-1-3-7-15)18(17)10-4-8-16-9-5-11-21-16/h1-3,5-7,9,11,14H,4,8,10,12-13H2/t14-/m1/s1. The molecular formula is C17H19NO2S. The van der Waals surface area contributed by atoms with Gasteiger partial charge in [0.1, 0.15) is 12.4 Å². The van der Waals surface area contributed by atoms with E-state index in [-0.39, 0.29) is 11.9 Å². The molecule has 1 aromatic carbocycles. The maximum Gasteiger partial charge on any atom is 0.225 e. The van der Waals surface area contributed by atoms with E-state index in [0.717, 1.165) is 25.1 Å². The number of rotatable bonds is 7. The Hall–Kier alpha value is -1.81. The van der Waals surface area contributed by atoms with Crippen LogP contribution >= 0.6 is 11.3 Å². The van der Waals surface area contributed by atoms with Crippen molar-refractivity contribution < 1.29 is 9.53 Å². The van der Waals surface area contributed by atoms with Crippen molar-refractivity contribution in [2.24, 2.45) is 0 Å². The van der Waals surface area contributed by atoms with Gasteiger partial charge in [-0.1, -0.05) is 24.3 Å². The van der Waals surface area contributed by atoms with E-state index in [2.05, 4.69) is 17.5 Å². The minimum atomic E-state index is 0.237. The quantitative estimate of drug-likeness (QED) is 0.734. The molecule has 2 heterocycles. The molecule has 0 bridgehead atoms. The fourth-order valence-electron chi connectivity index (χ4n) is 2.56. The largest absolute Gasteiger partial charge is 0.491 e. The molecule has 1 amide bonds. The molecule has 1 aliphatic rings. The first-order chi connectivity index (χ1) is 10.3. The Labute approximate surface area is 129 Å². The molecule has 1 aliphatic heterocycles. The smallest absolute Gasteiger partial charge is 0.225 e. The Morgan fingerprint density at radius 2 is 2.05 bits per heavy atom. The summed E-state index contributed by atoms with van der Waals surface area (Å²) in [6.45, 7) is 1.42. The molecular weight excluding hydrogens is 282 g/mol. The molecule has 1 aromatic heterocycles. The molecule has 110 valence electrons. The van der Waals surface area contributed by atoms with Gasteiger partial charge in [0.05, 0.1) is 12.5 Å². The Bertz CT molecular complexity index is 568. The zero-order chi connectivity index (χ0) is 14.5. The number of amides is 1. The van der Waals surface area contributed by atoms with E-state index in [1.165, 1.54) is 4.88 Å². The zero-order valence-electron chi connectivity index (χ0n) is 11.9. The highest BCUT2D eigenvalue weighted by molar-refractivity contribution is 7.09. The van der Waals surface area contributed by atoms with Crippen molar-refractivity contribution in [2.45, 2.75) is 25.3 Å². The van der Waals surface area contributed by atoms with Crippen LogP contribution in [0.15, 0.2) is 47.8 Å². The van der Waals surface area contributed by atoms with Gasteiger partial charge in [0, 0.05) is 11.4 Å². The van der Waals surface area contributed by atoms with Gasteiger partial charge in [-0.05, 0) is 36.4 Å². The van der Waals surface area contributed by atoms with Crippen LogP contribution in [0.1, 0.15) is 17.7 Å². The molecule has 3 rings (SSSR count). The van der Waals surface area contributed by atoms with Gasteiger partial charge in [0.15, 0.2) is 0 Å². The summed E-state index contributed by atoms with van der Waals surface area (Å²) in [6, 6.07) is 14.2. The van der Waals surface area contributed by atoms with Crippen LogP contribution in [0.3, 0.4) is 0 Å². The number of β-lactam (4-membered cyclic amide) rings is 1. The average molecular weight is 301 g/mol. The van der Waals surface area contributed by atoms with Crippen molar-refractivity contribution >= 4 is 17.2 Å². The summed E-state index contributed by atoms with van der Waals surface area (Å²) < 4.78 is 5.75. The molecule has 1 saturated heterocycles. The Balaban J connectivity index is 1.42. The molecule has 0 N–H and O–H groups in total. The number of benzene rings is 1. The maximum atomic E-state index is 11.7. The van der Waals surface area contributed by atoms with E-state index in [0.29, 0.717) is 13.0 Å². The number of likely N-dealkylation sites (tertiary alicyclic amines) is 1. The number of carbonyl (C=O) groups is 1. The average Bonchev–Trinajstić information content (AvgIpc) is 3.02. The normalized spacial score (nSPS) is 17.6. The van der Waals surface area contributed by atoms with Gasteiger partial charge in [0.2, 0.25) is 5.91 Å². The van der Waals surface area contributed by atoms with Crippen molar-refractivity contribution in [3.05, 3.63) is 52.7 Å². The third kappa shape index (κ3) is 3.64. The SMILES string of the molecule is O=C1C[C@H](COc2ccccc2)N1CCCc1cccs1. The Morgan fingerprint density at radius 3 is 2.76 bits per heavy atom. The van der Waals surface area contributed by atoms with Crippen LogP contribution < -0.4 is 4.74 Å². The summed E-state index contributed by atoms with van der Waals surface area (Å²) in [7, 11) is 0. The highest BCUT2D eigenvalue weighted by Crippen LogP contribution is 2.22. The number of carbonyl (C=O) groups excluding carboxylic acids is 1. The van der Waals surface area contributed by atoms with Gasteiger partial charge < -0.3 is 9.64 Å². The van der Waals surface area contributed by atoms with Crippen molar-refractivity contribution in [3.8, 4) is 5.75 Å². The van der Waals surface area contributed by atoms with Crippen LogP contribution in [0.5, 0.6) is 5.75 Å². The molecule has 1 fully saturated rings. The summed E-state index contributed by atoms with van der Waals surface area (Å²) in [6.07, 6.45) is 2.69. The first-order valence-electron chi connectivity index (χ1n) is 7.32. The van der Waals surface area contributed by atoms with Crippen LogP contribution in [-0.4, -0.2) is 30.0 Å².